The molecule has 2 rings (SSSR count). The molecule has 0 spiro atoms. The summed E-state index contributed by atoms with van der Waals surface area (Å²) in [5, 5.41) is 8.58. The lowest BCUT2D eigenvalue weighted by Gasteiger charge is -2.08. The quantitative estimate of drug-likeness (QED) is 0.867. The monoisotopic (exact) mass is 268 g/mol. The molecule has 0 saturated heterocycles. The summed E-state index contributed by atoms with van der Waals surface area (Å²) in [6.07, 6.45) is 1.69. The molecule has 2 aromatic heterocycles. The molecule has 0 amide bonds. The van der Waals surface area contributed by atoms with Crippen LogP contribution in [0.4, 0.5) is 13.2 Å². The highest BCUT2D eigenvalue weighted by Gasteiger charge is 2.22. The molecular formula is C12H7F3N2O2. The van der Waals surface area contributed by atoms with E-state index in [2.05, 4.69) is 9.97 Å². The number of hydrogen-bond donors (Lipinski definition) is 1. The minimum Gasteiger partial charge on any atom is -0.481 e. The van der Waals surface area contributed by atoms with Crippen molar-refractivity contribution in [2.45, 2.75) is 6.42 Å². The molecule has 2 heterocycles. The van der Waals surface area contributed by atoms with E-state index in [4.69, 9.17) is 5.11 Å². The molecule has 0 unspecified atom stereocenters. The Labute approximate surface area is 105 Å². The number of carboxylic acid groups (broad SMARTS) is 1. The molecule has 0 aliphatic heterocycles. The van der Waals surface area contributed by atoms with Gasteiger partial charge in [-0.25, -0.2) is 13.8 Å². The number of aromatic nitrogens is 2. The van der Waals surface area contributed by atoms with E-state index in [0.29, 0.717) is 0 Å². The number of aliphatic carboxylic acids is 1. The molecule has 0 aliphatic carbocycles. The molecule has 98 valence electrons. The highest BCUT2D eigenvalue weighted by atomic mass is 19.2. The Kier molecular flexibility index (Phi) is 3.46. The van der Waals surface area contributed by atoms with E-state index in [1.54, 1.807) is 0 Å². The van der Waals surface area contributed by atoms with E-state index in [0.717, 1.165) is 6.20 Å². The van der Waals surface area contributed by atoms with Crippen LogP contribution in [0, 0.1) is 17.6 Å². The van der Waals surface area contributed by atoms with E-state index >= 15 is 0 Å². The number of pyridine rings is 2. The molecule has 7 heteroatoms. The first-order valence-electron chi connectivity index (χ1n) is 5.16. The van der Waals surface area contributed by atoms with Gasteiger partial charge in [-0.2, -0.15) is 4.39 Å². The van der Waals surface area contributed by atoms with Crippen LogP contribution >= 0.6 is 0 Å². The van der Waals surface area contributed by atoms with Gasteiger partial charge in [0.25, 0.3) is 0 Å². The van der Waals surface area contributed by atoms with Gasteiger partial charge in [-0.15, -0.1) is 0 Å². The highest BCUT2D eigenvalue weighted by molar-refractivity contribution is 5.71. The number of carbonyl (C=O) groups is 1. The van der Waals surface area contributed by atoms with Crippen LogP contribution < -0.4 is 0 Å². The van der Waals surface area contributed by atoms with Crippen LogP contribution in [0.2, 0.25) is 0 Å². The maximum absolute atomic E-state index is 14.0. The summed E-state index contributed by atoms with van der Waals surface area (Å²) in [5.41, 5.74) is -1.33. The maximum Gasteiger partial charge on any atom is 0.309 e. The van der Waals surface area contributed by atoms with Crippen LogP contribution in [0.5, 0.6) is 0 Å². The molecule has 0 fully saturated rings. The van der Waals surface area contributed by atoms with Crippen LogP contribution in [0.1, 0.15) is 5.69 Å². The van der Waals surface area contributed by atoms with Crippen molar-refractivity contribution in [1.82, 2.24) is 9.97 Å². The molecule has 1 N–H and O–H groups in total. The van der Waals surface area contributed by atoms with E-state index in [1.807, 2.05) is 0 Å². The maximum atomic E-state index is 14.0. The van der Waals surface area contributed by atoms with Crippen LogP contribution in [-0.4, -0.2) is 21.0 Å². The smallest absolute Gasteiger partial charge is 0.309 e. The second kappa shape index (κ2) is 5.05. The SMILES string of the molecule is O=C(O)Cc1nc(F)c(F)c(-c2cccnc2)c1F. The largest absolute Gasteiger partial charge is 0.481 e. The molecule has 19 heavy (non-hydrogen) atoms. The Balaban J connectivity index is 2.66. The van der Waals surface area contributed by atoms with E-state index in [-0.39, 0.29) is 5.56 Å². The Hall–Kier alpha value is -2.44. The van der Waals surface area contributed by atoms with Gasteiger partial charge in [-0.05, 0) is 6.07 Å². The minimum atomic E-state index is -1.54. The molecular weight excluding hydrogens is 261 g/mol. The molecule has 2 aromatic rings. The Morgan fingerprint density at radius 3 is 2.58 bits per heavy atom. The van der Waals surface area contributed by atoms with Crippen LogP contribution in [0.3, 0.4) is 0 Å². The zero-order valence-electron chi connectivity index (χ0n) is 9.40. The summed E-state index contributed by atoms with van der Waals surface area (Å²) in [6, 6.07) is 2.75. The van der Waals surface area contributed by atoms with Crippen LogP contribution in [0.15, 0.2) is 24.5 Å². The lowest BCUT2D eigenvalue weighted by Crippen LogP contribution is -2.10. The lowest BCUT2D eigenvalue weighted by atomic mass is 10.1. The van der Waals surface area contributed by atoms with Gasteiger partial charge in [-0.1, -0.05) is 6.07 Å². The number of rotatable bonds is 3. The third-order valence-electron chi connectivity index (χ3n) is 2.38. The summed E-state index contributed by atoms with van der Waals surface area (Å²) < 4.78 is 40.9. The minimum absolute atomic E-state index is 0.00504. The van der Waals surface area contributed by atoms with Crippen molar-refractivity contribution in [3.8, 4) is 11.1 Å². The summed E-state index contributed by atoms with van der Waals surface area (Å²) in [7, 11) is 0. The second-order valence-corrected chi connectivity index (χ2v) is 3.66. The molecule has 0 aliphatic rings. The van der Waals surface area contributed by atoms with E-state index < -0.39 is 41.2 Å². The molecule has 0 radical (unpaired) electrons. The van der Waals surface area contributed by atoms with Crippen molar-refractivity contribution in [2.75, 3.05) is 0 Å². The highest BCUT2D eigenvalue weighted by Crippen LogP contribution is 2.28. The van der Waals surface area contributed by atoms with Crippen LogP contribution in [0.25, 0.3) is 11.1 Å². The van der Waals surface area contributed by atoms with Gasteiger partial charge >= 0.3 is 5.97 Å². The Bertz CT molecular complexity index is 633. The summed E-state index contributed by atoms with van der Waals surface area (Å²) in [5.74, 6) is -5.61. The molecule has 0 atom stereocenters. The summed E-state index contributed by atoms with van der Waals surface area (Å²) in [6.45, 7) is 0. The average Bonchev–Trinajstić information content (AvgIpc) is 2.37. The van der Waals surface area contributed by atoms with Gasteiger partial charge in [0.05, 0.1) is 17.7 Å². The van der Waals surface area contributed by atoms with E-state index in [9.17, 15) is 18.0 Å². The number of halogens is 3. The number of carboxylic acids is 1. The van der Waals surface area contributed by atoms with Gasteiger partial charge in [0.1, 0.15) is 0 Å². The van der Waals surface area contributed by atoms with Gasteiger partial charge in [0.15, 0.2) is 11.6 Å². The summed E-state index contributed by atoms with van der Waals surface area (Å²) >= 11 is 0. The Morgan fingerprint density at radius 1 is 1.26 bits per heavy atom. The van der Waals surface area contributed by atoms with Crippen molar-refractivity contribution in [3.05, 3.63) is 47.8 Å². The normalized spacial score (nSPS) is 10.5. The zero-order chi connectivity index (χ0) is 14.0. The zero-order valence-corrected chi connectivity index (χ0v) is 9.40. The van der Waals surface area contributed by atoms with Gasteiger partial charge < -0.3 is 5.11 Å². The van der Waals surface area contributed by atoms with Gasteiger partial charge in [0, 0.05) is 18.0 Å². The van der Waals surface area contributed by atoms with Crippen molar-refractivity contribution >= 4 is 5.97 Å². The third-order valence-corrected chi connectivity index (χ3v) is 2.38. The number of hydrogen-bond acceptors (Lipinski definition) is 3. The Morgan fingerprint density at radius 2 is 2.00 bits per heavy atom. The summed E-state index contributed by atoms with van der Waals surface area (Å²) in [4.78, 5) is 17.2. The first kappa shape index (κ1) is 13.0. The van der Waals surface area contributed by atoms with Crippen molar-refractivity contribution in [2.24, 2.45) is 0 Å². The fraction of sp³-hybridized carbons (Fsp3) is 0.0833. The lowest BCUT2D eigenvalue weighted by molar-refractivity contribution is -0.136. The fourth-order valence-corrected chi connectivity index (χ4v) is 1.58. The number of nitrogens with zero attached hydrogens (tertiary/aromatic N) is 2. The molecule has 4 nitrogen and oxygen atoms in total. The van der Waals surface area contributed by atoms with Crippen LogP contribution in [-0.2, 0) is 11.2 Å². The van der Waals surface area contributed by atoms with Gasteiger partial charge in [-0.3, -0.25) is 9.78 Å². The van der Waals surface area contributed by atoms with Crippen molar-refractivity contribution in [1.29, 1.82) is 0 Å². The fourth-order valence-electron chi connectivity index (χ4n) is 1.58. The molecule has 0 saturated carbocycles. The van der Waals surface area contributed by atoms with E-state index in [1.165, 1.54) is 18.3 Å². The average molecular weight is 268 g/mol. The van der Waals surface area contributed by atoms with Gasteiger partial charge in [0.2, 0.25) is 5.95 Å². The van der Waals surface area contributed by atoms with Crippen molar-refractivity contribution in [3.63, 3.8) is 0 Å². The topological polar surface area (TPSA) is 63.1 Å². The molecule has 0 aromatic carbocycles. The third kappa shape index (κ3) is 2.54. The predicted octanol–water partition coefficient (Wildman–Crippen LogP) is 2.19. The molecule has 0 bridgehead atoms. The van der Waals surface area contributed by atoms with Crippen molar-refractivity contribution < 1.29 is 23.1 Å². The first-order chi connectivity index (χ1) is 9.00. The standard InChI is InChI=1S/C12H7F3N2O2/c13-10-7(4-8(18)19)17-12(15)11(14)9(10)6-2-1-3-16-5-6/h1-3,5H,4H2,(H,18,19). The predicted molar refractivity (Wildman–Crippen MR) is 58.7 cm³/mol. The first-order valence-corrected chi connectivity index (χ1v) is 5.16. The second-order valence-electron chi connectivity index (χ2n) is 3.66.